The van der Waals surface area contributed by atoms with Crippen molar-refractivity contribution < 1.29 is 15.0 Å². The number of aromatic carboxylic acids is 1. The van der Waals surface area contributed by atoms with Crippen molar-refractivity contribution in [3.63, 3.8) is 0 Å². The second-order valence-corrected chi connectivity index (χ2v) is 6.10. The maximum absolute atomic E-state index is 11.1. The van der Waals surface area contributed by atoms with Crippen LogP contribution in [0.1, 0.15) is 50.3 Å². The van der Waals surface area contributed by atoms with Gasteiger partial charge in [-0.2, -0.15) is 0 Å². The van der Waals surface area contributed by atoms with E-state index in [1.54, 1.807) is 4.68 Å². The van der Waals surface area contributed by atoms with E-state index in [9.17, 15) is 9.90 Å². The van der Waals surface area contributed by atoms with Crippen LogP contribution < -0.4 is 0 Å². The Morgan fingerprint density at radius 1 is 1.42 bits per heavy atom. The molecular weight excluding hydrogens is 246 g/mol. The molecule has 6 heteroatoms. The molecule has 1 aromatic heterocycles. The molecule has 0 bridgehead atoms. The molecule has 0 aliphatic heterocycles. The number of carboxylic acid groups (broad SMARTS) is 1. The van der Waals surface area contributed by atoms with Gasteiger partial charge in [-0.15, -0.1) is 5.10 Å². The number of rotatable bonds is 7. The van der Waals surface area contributed by atoms with Crippen LogP contribution in [0.25, 0.3) is 0 Å². The van der Waals surface area contributed by atoms with E-state index < -0.39 is 5.97 Å². The van der Waals surface area contributed by atoms with Gasteiger partial charge in [0, 0.05) is 12.0 Å². The fraction of sp³-hybridized carbons (Fsp3) is 0.769. The highest BCUT2D eigenvalue weighted by molar-refractivity contribution is 5.86. The molecule has 0 amide bonds. The summed E-state index contributed by atoms with van der Waals surface area (Å²) in [6.45, 7) is 8.46. The van der Waals surface area contributed by atoms with E-state index >= 15 is 0 Å². The minimum atomic E-state index is -1.05. The maximum Gasteiger partial charge on any atom is 0.358 e. The molecule has 2 N–H and O–H groups in total. The summed E-state index contributed by atoms with van der Waals surface area (Å²) in [7, 11) is 0. The molecule has 1 rings (SSSR count). The van der Waals surface area contributed by atoms with Gasteiger partial charge in [-0.3, -0.25) is 0 Å². The summed E-state index contributed by atoms with van der Waals surface area (Å²) >= 11 is 0. The largest absolute Gasteiger partial charge is 0.476 e. The Morgan fingerprint density at radius 2 is 2.05 bits per heavy atom. The minimum absolute atomic E-state index is 0.0128. The molecule has 108 valence electrons. The molecule has 0 unspecified atom stereocenters. The summed E-state index contributed by atoms with van der Waals surface area (Å²) in [4.78, 5) is 11.1. The zero-order chi connectivity index (χ0) is 14.6. The molecule has 0 saturated heterocycles. The molecule has 0 fully saturated rings. The van der Waals surface area contributed by atoms with Gasteiger partial charge in [0.1, 0.15) is 0 Å². The van der Waals surface area contributed by atoms with Gasteiger partial charge in [-0.1, -0.05) is 32.9 Å². The Kier molecular flexibility index (Phi) is 5.05. The standard InChI is InChI=1S/C13H23N3O3/c1-9(2)5-6-10-11(12(18)19)14-15-16(10)7-13(3,4)8-17/h9,17H,5-8H2,1-4H3,(H,18,19). The Hall–Kier alpha value is -1.43. The Bertz CT molecular complexity index is 438. The van der Waals surface area contributed by atoms with Gasteiger partial charge in [0.05, 0.1) is 12.2 Å². The van der Waals surface area contributed by atoms with E-state index in [1.165, 1.54) is 0 Å². The van der Waals surface area contributed by atoms with E-state index in [1.807, 2.05) is 13.8 Å². The van der Waals surface area contributed by atoms with E-state index in [4.69, 9.17) is 5.11 Å². The number of aromatic nitrogens is 3. The molecule has 6 nitrogen and oxygen atoms in total. The molecule has 0 aliphatic carbocycles. The Labute approximate surface area is 113 Å². The average Bonchev–Trinajstić information content (AvgIpc) is 2.68. The lowest BCUT2D eigenvalue weighted by atomic mass is 9.94. The van der Waals surface area contributed by atoms with Crippen molar-refractivity contribution in [2.24, 2.45) is 11.3 Å². The Balaban J connectivity index is 3.00. The van der Waals surface area contributed by atoms with Crippen molar-refractivity contribution >= 4 is 5.97 Å². The summed E-state index contributed by atoms with van der Waals surface area (Å²) in [6, 6.07) is 0. The number of nitrogens with zero attached hydrogens (tertiary/aromatic N) is 3. The lowest BCUT2D eigenvalue weighted by molar-refractivity contribution is 0.0688. The number of aliphatic hydroxyl groups excluding tert-OH is 1. The fourth-order valence-corrected chi connectivity index (χ4v) is 1.75. The minimum Gasteiger partial charge on any atom is -0.476 e. The second kappa shape index (κ2) is 6.14. The SMILES string of the molecule is CC(C)CCc1c(C(=O)O)nnn1CC(C)(C)CO. The zero-order valence-corrected chi connectivity index (χ0v) is 12.1. The molecule has 0 aromatic carbocycles. The maximum atomic E-state index is 11.1. The topological polar surface area (TPSA) is 88.2 Å². The first kappa shape index (κ1) is 15.6. The predicted octanol–water partition coefficient (Wildman–Crippen LogP) is 1.58. The molecule has 0 aliphatic rings. The number of hydrogen-bond acceptors (Lipinski definition) is 4. The van der Waals surface area contributed by atoms with Crippen LogP contribution in [-0.2, 0) is 13.0 Å². The van der Waals surface area contributed by atoms with Crippen LogP contribution in [0.3, 0.4) is 0 Å². The Morgan fingerprint density at radius 3 is 2.53 bits per heavy atom. The van der Waals surface area contributed by atoms with Crippen LogP contribution in [0.5, 0.6) is 0 Å². The van der Waals surface area contributed by atoms with Crippen LogP contribution in [0.15, 0.2) is 0 Å². The summed E-state index contributed by atoms with van der Waals surface area (Å²) < 4.78 is 1.61. The van der Waals surface area contributed by atoms with Crippen molar-refractivity contribution in [2.75, 3.05) is 6.61 Å². The van der Waals surface area contributed by atoms with Gasteiger partial charge in [0.25, 0.3) is 0 Å². The van der Waals surface area contributed by atoms with E-state index in [2.05, 4.69) is 24.2 Å². The van der Waals surface area contributed by atoms with E-state index in [-0.39, 0.29) is 17.7 Å². The van der Waals surface area contributed by atoms with Gasteiger partial charge >= 0.3 is 5.97 Å². The lowest BCUT2D eigenvalue weighted by Crippen LogP contribution is -2.26. The highest BCUT2D eigenvalue weighted by atomic mass is 16.4. The first-order valence-electron chi connectivity index (χ1n) is 6.53. The van der Waals surface area contributed by atoms with Gasteiger partial charge in [-0.25, -0.2) is 9.48 Å². The molecule has 1 heterocycles. The van der Waals surface area contributed by atoms with Crippen molar-refractivity contribution in [1.29, 1.82) is 0 Å². The number of aliphatic hydroxyl groups is 1. The predicted molar refractivity (Wildman–Crippen MR) is 71.0 cm³/mol. The van der Waals surface area contributed by atoms with Crippen LogP contribution in [-0.4, -0.2) is 37.8 Å². The lowest BCUT2D eigenvalue weighted by Gasteiger charge is -2.22. The van der Waals surface area contributed by atoms with Gasteiger partial charge in [0.15, 0.2) is 5.69 Å². The first-order valence-corrected chi connectivity index (χ1v) is 6.53. The van der Waals surface area contributed by atoms with E-state index in [0.29, 0.717) is 24.6 Å². The first-order chi connectivity index (χ1) is 8.76. The smallest absolute Gasteiger partial charge is 0.358 e. The third-order valence-electron chi connectivity index (χ3n) is 3.00. The molecule has 19 heavy (non-hydrogen) atoms. The van der Waals surface area contributed by atoms with Crippen LogP contribution in [0, 0.1) is 11.3 Å². The summed E-state index contributed by atoms with van der Waals surface area (Å²) in [5, 5.41) is 26.1. The third-order valence-corrected chi connectivity index (χ3v) is 3.00. The fourth-order valence-electron chi connectivity index (χ4n) is 1.75. The monoisotopic (exact) mass is 269 g/mol. The molecule has 0 spiro atoms. The van der Waals surface area contributed by atoms with Gasteiger partial charge < -0.3 is 10.2 Å². The summed E-state index contributed by atoms with van der Waals surface area (Å²) in [6.07, 6.45) is 1.51. The van der Waals surface area contributed by atoms with E-state index in [0.717, 1.165) is 6.42 Å². The third kappa shape index (κ3) is 4.31. The average molecular weight is 269 g/mol. The zero-order valence-electron chi connectivity index (χ0n) is 12.1. The summed E-state index contributed by atoms with van der Waals surface area (Å²) in [5.74, 6) is -0.567. The van der Waals surface area contributed by atoms with Crippen molar-refractivity contribution in [3.8, 4) is 0 Å². The van der Waals surface area contributed by atoms with Crippen LogP contribution in [0.4, 0.5) is 0 Å². The van der Waals surface area contributed by atoms with Crippen LogP contribution in [0.2, 0.25) is 0 Å². The number of carbonyl (C=O) groups is 1. The number of hydrogen-bond donors (Lipinski definition) is 2. The van der Waals surface area contributed by atoms with Crippen molar-refractivity contribution in [1.82, 2.24) is 15.0 Å². The molecule has 0 atom stereocenters. The second-order valence-electron chi connectivity index (χ2n) is 6.10. The summed E-state index contributed by atoms with van der Waals surface area (Å²) in [5.41, 5.74) is 0.313. The van der Waals surface area contributed by atoms with Gasteiger partial charge in [-0.05, 0) is 18.8 Å². The molecule has 1 aromatic rings. The molecule has 0 radical (unpaired) electrons. The number of carboxylic acids is 1. The van der Waals surface area contributed by atoms with Crippen molar-refractivity contribution in [3.05, 3.63) is 11.4 Å². The quantitative estimate of drug-likeness (QED) is 0.784. The van der Waals surface area contributed by atoms with Crippen molar-refractivity contribution in [2.45, 2.75) is 47.1 Å². The highest BCUT2D eigenvalue weighted by Crippen LogP contribution is 2.20. The van der Waals surface area contributed by atoms with Crippen LogP contribution >= 0.6 is 0 Å². The highest BCUT2D eigenvalue weighted by Gasteiger charge is 2.24. The molecular formula is C13H23N3O3. The normalized spacial score (nSPS) is 12.1. The van der Waals surface area contributed by atoms with Gasteiger partial charge in [0.2, 0.25) is 0 Å². The molecule has 0 saturated carbocycles.